The predicted octanol–water partition coefficient (Wildman–Crippen LogP) is 11.1. The topological polar surface area (TPSA) is 6.48 Å². The molecular weight excluding hydrogens is 615 g/mol. The van der Waals surface area contributed by atoms with Gasteiger partial charge in [0, 0.05) is 33.9 Å². The summed E-state index contributed by atoms with van der Waals surface area (Å²) in [7, 11) is 0. The number of para-hydroxylation sites is 2. The van der Waals surface area contributed by atoms with Crippen molar-refractivity contribution in [2.45, 2.75) is 115 Å². The van der Waals surface area contributed by atoms with Gasteiger partial charge >= 0.3 is 0 Å². The maximum atomic E-state index is 2.87. The maximum Gasteiger partial charge on any atom is 0.252 e. The van der Waals surface area contributed by atoms with Gasteiger partial charge in [-0.3, -0.25) is 0 Å². The normalized spacial score (nSPS) is 23.4. The Bertz CT molecular complexity index is 2170. The second kappa shape index (κ2) is 11.1. The number of benzene rings is 5. The van der Waals surface area contributed by atoms with E-state index in [0.29, 0.717) is 5.92 Å². The first-order valence-corrected chi connectivity index (χ1v) is 19.9. The van der Waals surface area contributed by atoms with Crippen molar-refractivity contribution in [1.82, 2.24) is 0 Å². The smallest absolute Gasteiger partial charge is 0.252 e. The van der Waals surface area contributed by atoms with Crippen LogP contribution in [0.5, 0.6) is 0 Å². The first-order chi connectivity index (χ1) is 24.7. The third-order valence-corrected chi connectivity index (χ3v) is 14.1. The van der Waals surface area contributed by atoms with E-state index >= 15 is 0 Å². The Kier molecular flexibility index (Phi) is 6.87. The fraction of sp³-hybridized carbons (Fsp3) is 0.375. The molecule has 3 heterocycles. The zero-order chi connectivity index (χ0) is 34.7. The van der Waals surface area contributed by atoms with Gasteiger partial charge in [-0.1, -0.05) is 133 Å². The second-order valence-electron chi connectivity index (χ2n) is 17.9. The molecule has 0 N–H and O–H groups in total. The highest BCUT2D eigenvalue weighted by Gasteiger charge is 2.62. The van der Waals surface area contributed by atoms with Crippen LogP contribution in [0.2, 0.25) is 0 Å². The molecule has 0 radical (unpaired) electrons. The molecule has 2 fully saturated rings. The van der Waals surface area contributed by atoms with Crippen LogP contribution in [-0.2, 0) is 10.8 Å². The van der Waals surface area contributed by atoms with Crippen LogP contribution in [0.1, 0.15) is 115 Å². The maximum absolute atomic E-state index is 2.87. The summed E-state index contributed by atoms with van der Waals surface area (Å²) >= 11 is 0. The summed E-state index contributed by atoms with van der Waals surface area (Å²) in [5, 5.41) is 0. The van der Waals surface area contributed by atoms with Crippen molar-refractivity contribution in [3.8, 4) is 11.1 Å². The summed E-state index contributed by atoms with van der Waals surface area (Å²) in [4.78, 5) is 5.47. The molecule has 3 aliphatic heterocycles. The zero-order valence-electron chi connectivity index (χ0n) is 31.2. The lowest BCUT2D eigenvalue weighted by Gasteiger charge is -2.52. The summed E-state index contributed by atoms with van der Waals surface area (Å²) in [6.45, 7) is 12.5. The van der Waals surface area contributed by atoms with Crippen molar-refractivity contribution in [3.63, 3.8) is 0 Å². The molecule has 2 saturated carbocycles. The van der Waals surface area contributed by atoms with E-state index in [1.807, 2.05) is 0 Å². The summed E-state index contributed by atoms with van der Waals surface area (Å²) in [6.07, 6.45) is 11.8. The van der Waals surface area contributed by atoms with Gasteiger partial charge in [-0.05, 0) is 118 Å². The van der Waals surface area contributed by atoms with E-state index < -0.39 is 0 Å². The predicted molar refractivity (Wildman–Crippen MR) is 219 cm³/mol. The first kappa shape index (κ1) is 31.5. The molecule has 0 amide bonds. The molecular formula is C48H51BN2. The van der Waals surface area contributed by atoms with Gasteiger partial charge in [0.05, 0.1) is 5.54 Å². The van der Waals surface area contributed by atoms with Crippen molar-refractivity contribution in [3.05, 3.63) is 120 Å². The Labute approximate surface area is 306 Å². The number of anilines is 5. The Balaban J connectivity index is 1.31. The van der Waals surface area contributed by atoms with Crippen LogP contribution < -0.4 is 26.2 Å². The van der Waals surface area contributed by atoms with Crippen LogP contribution in [0, 0.1) is 0 Å². The molecule has 5 aromatic carbocycles. The van der Waals surface area contributed by atoms with Crippen LogP contribution in [0.3, 0.4) is 0 Å². The van der Waals surface area contributed by atoms with E-state index in [0.717, 1.165) is 0 Å². The SMILES string of the molecule is CC(C)(C)c1ccc2c(c1)B1c3ccccc3N3c4c1c(cc(-c1ccc(C5CCCCC5)cc1)c4C1(C)CCCCC31C)N2c1ccccc1. The molecule has 5 aliphatic rings. The largest absolute Gasteiger partial charge is 0.335 e. The highest BCUT2D eigenvalue weighted by atomic mass is 15.3. The van der Waals surface area contributed by atoms with E-state index in [9.17, 15) is 0 Å². The van der Waals surface area contributed by atoms with Gasteiger partial charge in [0.2, 0.25) is 0 Å². The molecule has 2 aliphatic carbocycles. The molecule has 2 unspecified atom stereocenters. The quantitative estimate of drug-likeness (QED) is 0.174. The third-order valence-electron chi connectivity index (χ3n) is 14.1. The fourth-order valence-corrected chi connectivity index (χ4v) is 11.3. The van der Waals surface area contributed by atoms with Crippen molar-refractivity contribution in [2.75, 3.05) is 9.80 Å². The number of hydrogen-bond donors (Lipinski definition) is 0. The summed E-state index contributed by atoms with van der Waals surface area (Å²) in [5.74, 6) is 0.711. The minimum atomic E-state index is -0.00825. The Morgan fingerprint density at radius 3 is 2.16 bits per heavy atom. The molecule has 256 valence electrons. The molecule has 0 aromatic heterocycles. The highest BCUT2D eigenvalue weighted by Crippen LogP contribution is 2.64. The molecule has 5 aromatic rings. The standard InChI is InChI=1S/C48H51BN2/c1-46(2,3)35-26-27-40-39(30-35)49-38-20-12-13-21-41(38)51-45-43(47(4)28-14-15-29-48(47,51)5)37(31-42(44(45)49)50(40)36-18-10-7-11-19-36)34-24-22-33(23-25-34)32-16-8-6-9-17-32/h7,10-13,18-27,30-32H,6,8-9,14-17,28-29H2,1-5H3. The molecule has 2 nitrogen and oxygen atoms in total. The number of rotatable bonds is 3. The molecule has 51 heavy (non-hydrogen) atoms. The average Bonchev–Trinajstić information content (AvgIpc) is 3.38. The van der Waals surface area contributed by atoms with Crippen LogP contribution in [-0.4, -0.2) is 12.3 Å². The van der Waals surface area contributed by atoms with Crippen LogP contribution in [0.15, 0.2) is 103 Å². The second-order valence-corrected chi connectivity index (χ2v) is 17.9. The van der Waals surface area contributed by atoms with E-state index in [4.69, 9.17) is 0 Å². The van der Waals surface area contributed by atoms with Crippen molar-refractivity contribution in [2.24, 2.45) is 0 Å². The van der Waals surface area contributed by atoms with Crippen LogP contribution in [0.25, 0.3) is 11.1 Å². The molecule has 0 spiro atoms. The lowest BCUT2D eigenvalue weighted by Crippen LogP contribution is -2.64. The first-order valence-electron chi connectivity index (χ1n) is 19.9. The van der Waals surface area contributed by atoms with Gasteiger partial charge in [0.15, 0.2) is 0 Å². The van der Waals surface area contributed by atoms with Crippen molar-refractivity contribution >= 4 is 51.5 Å². The number of fused-ring (bicyclic) bond motifs is 8. The zero-order valence-corrected chi connectivity index (χ0v) is 31.2. The lowest BCUT2D eigenvalue weighted by atomic mass is 9.33. The van der Waals surface area contributed by atoms with Gasteiger partial charge in [0.25, 0.3) is 6.71 Å². The minimum Gasteiger partial charge on any atom is -0.335 e. The molecule has 0 bridgehead atoms. The number of hydrogen-bond acceptors (Lipinski definition) is 2. The van der Waals surface area contributed by atoms with Crippen LogP contribution >= 0.6 is 0 Å². The summed E-state index contributed by atoms with van der Waals surface area (Å²) in [5.41, 5.74) is 18.6. The Morgan fingerprint density at radius 2 is 1.39 bits per heavy atom. The minimum absolute atomic E-state index is 0.00825. The fourth-order valence-electron chi connectivity index (χ4n) is 11.3. The Morgan fingerprint density at radius 1 is 0.667 bits per heavy atom. The molecule has 0 saturated heterocycles. The van der Waals surface area contributed by atoms with E-state index in [-0.39, 0.29) is 23.1 Å². The summed E-state index contributed by atoms with van der Waals surface area (Å²) in [6, 6.07) is 40.5. The molecule has 3 heteroatoms. The van der Waals surface area contributed by atoms with Gasteiger partial charge in [-0.2, -0.15) is 0 Å². The van der Waals surface area contributed by atoms with Gasteiger partial charge in [0.1, 0.15) is 0 Å². The third kappa shape index (κ3) is 4.36. The van der Waals surface area contributed by atoms with E-state index in [1.54, 1.807) is 5.56 Å². The highest BCUT2D eigenvalue weighted by molar-refractivity contribution is 7.00. The lowest BCUT2D eigenvalue weighted by molar-refractivity contribution is 0.195. The number of nitrogens with zero attached hydrogens (tertiary/aromatic N) is 2. The molecule has 10 rings (SSSR count). The van der Waals surface area contributed by atoms with E-state index in [1.165, 1.54) is 125 Å². The van der Waals surface area contributed by atoms with Crippen LogP contribution in [0.4, 0.5) is 28.4 Å². The molecule has 2 atom stereocenters. The van der Waals surface area contributed by atoms with Crippen molar-refractivity contribution < 1.29 is 0 Å². The van der Waals surface area contributed by atoms with Gasteiger partial charge in [-0.25, -0.2) is 0 Å². The summed E-state index contributed by atoms with van der Waals surface area (Å²) < 4.78 is 0. The monoisotopic (exact) mass is 666 g/mol. The van der Waals surface area contributed by atoms with E-state index in [2.05, 4.69) is 148 Å². The van der Waals surface area contributed by atoms with Crippen molar-refractivity contribution in [1.29, 1.82) is 0 Å². The van der Waals surface area contributed by atoms with Gasteiger partial charge in [-0.15, -0.1) is 0 Å². The Hall–Kier alpha value is -4.24. The van der Waals surface area contributed by atoms with Gasteiger partial charge < -0.3 is 9.80 Å². The average molecular weight is 667 g/mol.